The first-order valence-electron chi connectivity index (χ1n) is 8.48. The third-order valence-corrected chi connectivity index (χ3v) is 5.55. The van der Waals surface area contributed by atoms with Gasteiger partial charge in [0.05, 0.1) is 22.3 Å². The largest absolute Gasteiger partial charge is 0.494 e. The van der Waals surface area contributed by atoms with Gasteiger partial charge in [0.25, 0.3) is 0 Å². The average Bonchev–Trinajstić information content (AvgIpc) is 2.66. The maximum Gasteiger partial charge on any atom is 0.238 e. The van der Waals surface area contributed by atoms with Gasteiger partial charge < -0.3 is 15.4 Å². The molecule has 0 bridgehead atoms. The van der Waals surface area contributed by atoms with Gasteiger partial charge in [0.15, 0.2) is 5.17 Å². The number of anilines is 1. The topological polar surface area (TPSA) is 79.8 Å². The van der Waals surface area contributed by atoms with Gasteiger partial charge in [0.2, 0.25) is 11.8 Å². The molecule has 28 heavy (non-hydrogen) atoms. The molecule has 9 heteroatoms. The molecule has 146 valence electrons. The number of thioether (sulfide) groups is 1. The van der Waals surface area contributed by atoms with Crippen LogP contribution in [0.3, 0.4) is 0 Å². The molecule has 3 rings (SSSR count). The van der Waals surface area contributed by atoms with Crippen molar-refractivity contribution in [1.82, 2.24) is 5.32 Å². The molecule has 2 aromatic carbocycles. The van der Waals surface area contributed by atoms with E-state index in [0.29, 0.717) is 33.2 Å². The molecule has 0 aliphatic carbocycles. The first-order valence-corrected chi connectivity index (χ1v) is 10.1. The molecule has 0 spiro atoms. The van der Waals surface area contributed by atoms with E-state index in [1.807, 2.05) is 6.92 Å². The molecular weight excluding hydrogens is 421 g/mol. The summed E-state index contributed by atoms with van der Waals surface area (Å²) in [4.78, 5) is 29.0. The fourth-order valence-electron chi connectivity index (χ4n) is 2.44. The Bertz CT molecular complexity index is 919. The standard InChI is InChI=1S/C19H17Cl2N3O3S/c1-2-27-13-6-3-11(4-7-13)22-18(26)16-10-17(25)24-19(28-16)23-12-5-8-14(20)15(21)9-12/h3-9,16H,2,10H2,1H3,(H,22,26)(H,23,24,25)/t16-/m1/s1. The highest BCUT2D eigenvalue weighted by molar-refractivity contribution is 8.15. The summed E-state index contributed by atoms with van der Waals surface area (Å²) in [6.07, 6.45) is 0.0634. The Morgan fingerprint density at radius 3 is 2.68 bits per heavy atom. The normalized spacial score (nSPS) is 17.9. The number of aliphatic imine (C=N–C) groups is 1. The van der Waals surface area contributed by atoms with Gasteiger partial charge in [-0.15, -0.1) is 0 Å². The number of benzene rings is 2. The van der Waals surface area contributed by atoms with E-state index in [9.17, 15) is 9.59 Å². The number of rotatable bonds is 5. The van der Waals surface area contributed by atoms with Crippen molar-refractivity contribution in [1.29, 1.82) is 0 Å². The molecule has 2 N–H and O–H groups in total. The van der Waals surface area contributed by atoms with E-state index in [2.05, 4.69) is 15.6 Å². The Morgan fingerprint density at radius 2 is 2.00 bits per heavy atom. The lowest BCUT2D eigenvalue weighted by Crippen LogP contribution is -2.41. The number of carbonyl (C=O) groups excluding carboxylic acids is 2. The van der Waals surface area contributed by atoms with Crippen LogP contribution in [0.5, 0.6) is 5.75 Å². The second kappa shape index (κ2) is 9.32. The SMILES string of the molecule is CCOc1ccc(NC(=O)[C@H]2CC(=O)NC(=Nc3ccc(Cl)c(Cl)c3)S2)cc1. The molecule has 1 saturated heterocycles. The van der Waals surface area contributed by atoms with Crippen LogP contribution >= 0.6 is 35.0 Å². The molecule has 1 atom stereocenters. The van der Waals surface area contributed by atoms with Crippen LogP contribution in [-0.2, 0) is 9.59 Å². The van der Waals surface area contributed by atoms with Crippen molar-refractivity contribution < 1.29 is 14.3 Å². The third kappa shape index (κ3) is 5.41. The van der Waals surface area contributed by atoms with E-state index in [-0.39, 0.29) is 18.2 Å². The van der Waals surface area contributed by atoms with Crippen LogP contribution in [0.1, 0.15) is 13.3 Å². The molecule has 1 aliphatic rings. The monoisotopic (exact) mass is 437 g/mol. The van der Waals surface area contributed by atoms with Crippen LogP contribution in [0.4, 0.5) is 11.4 Å². The summed E-state index contributed by atoms with van der Waals surface area (Å²) in [6.45, 7) is 2.47. The minimum Gasteiger partial charge on any atom is -0.494 e. The lowest BCUT2D eigenvalue weighted by Gasteiger charge is -2.22. The van der Waals surface area contributed by atoms with Crippen LogP contribution < -0.4 is 15.4 Å². The van der Waals surface area contributed by atoms with Crippen molar-refractivity contribution >= 4 is 63.3 Å². The lowest BCUT2D eigenvalue weighted by molar-refractivity contribution is -0.123. The van der Waals surface area contributed by atoms with Crippen LogP contribution in [0.25, 0.3) is 0 Å². The number of halogens is 2. The maximum atomic E-state index is 12.6. The summed E-state index contributed by atoms with van der Waals surface area (Å²) in [6, 6.07) is 11.9. The smallest absolute Gasteiger partial charge is 0.238 e. The minimum atomic E-state index is -0.596. The van der Waals surface area contributed by atoms with Gasteiger partial charge in [0, 0.05) is 12.1 Å². The van der Waals surface area contributed by atoms with E-state index >= 15 is 0 Å². The number of amidine groups is 1. The van der Waals surface area contributed by atoms with Crippen molar-refractivity contribution in [2.75, 3.05) is 11.9 Å². The molecule has 0 aromatic heterocycles. The van der Waals surface area contributed by atoms with Gasteiger partial charge in [-0.1, -0.05) is 35.0 Å². The number of ether oxygens (including phenoxy) is 1. The Hall–Kier alpha value is -2.22. The number of carbonyl (C=O) groups is 2. The summed E-state index contributed by atoms with van der Waals surface area (Å²) in [5, 5.41) is 6.00. The predicted molar refractivity (Wildman–Crippen MR) is 114 cm³/mol. The number of hydrogen-bond donors (Lipinski definition) is 2. The Morgan fingerprint density at radius 1 is 1.25 bits per heavy atom. The van der Waals surface area contributed by atoms with Gasteiger partial charge in [0.1, 0.15) is 11.0 Å². The zero-order valence-electron chi connectivity index (χ0n) is 14.9. The third-order valence-electron chi connectivity index (χ3n) is 3.73. The quantitative estimate of drug-likeness (QED) is 0.713. The summed E-state index contributed by atoms with van der Waals surface area (Å²) < 4.78 is 5.38. The Labute approximate surface area is 176 Å². The molecule has 0 radical (unpaired) electrons. The Balaban J connectivity index is 1.69. The highest BCUT2D eigenvalue weighted by Crippen LogP contribution is 2.29. The first-order chi connectivity index (χ1) is 13.4. The van der Waals surface area contributed by atoms with Gasteiger partial charge in [-0.05, 0) is 49.4 Å². The highest BCUT2D eigenvalue weighted by atomic mass is 35.5. The number of nitrogens with zero attached hydrogens (tertiary/aromatic N) is 1. The molecule has 1 fully saturated rings. The summed E-state index contributed by atoms with van der Waals surface area (Å²) >= 11 is 13.1. The van der Waals surface area contributed by atoms with Gasteiger partial charge in [-0.25, -0.2) is 4.99 Å². The fraction of sp³-hybridized carbons (Fsp3) is 0.211. The molecular formula is C19H17Cl2N3O3S. The first kappa shape index (κ1) is 20.5. The van der Waals surface area contributed by atoms with Crippen LogP contribution in [0.15, 0.2) is 47.5 Å². The van der Waals surface area contributed by atoms with E-state index in [1.165, 1.54) is 11.8 Å². The van der Waals surface area contributed by atoms with E-state index in [1.54, 1.807) is 42.5 Å². The second-order valence-corrected chi connectivity index (χ2v) is 7.83. The van der Waals surface area contributed by atoms with Crippen LogP contribution in [0.2, 0.25) is 10.0 Å². The number of amides is 2. The van der Waals surface area contributed by atoms with Crippen LogP contribution in [0, 0.1) is 0 Å². The minimum absolute atomic E-state index is 0.0634. The highest BCUT2D eigenvalue weighted by Gasteiger charge is 2.30. The van der Waals surface area contributed by atoms with Crippen LogP contribution in [-0.4, -0.2) is 28.8 Å². The molecule has 0 saturated carbocycles. The van der Waals surface area contributed by atoms with Gasteiger partial charge >= 0.3 is 0 Å². The van der Waals surface area contributed by atoms with Crippen molar-refractivity contribution in [2.24, 2.45) is 4.99 Å². The molecule has 0 unspecified atom stereocenters. The number of nitrogens with one attached hydrogen (secondary N) is 2. The predicted octanol–water partition coefficient (Wildman–Crippen LogP) is 4.64. The molecule has 2 amide bonds. The van der Waals surface area contributed by atoms with E-state index < -0.39 is 5.25 Å². The summed E-state index contributed by atoms with van der Waals surface area (Å²) in [7, 11) is 0. The average molecular weight is 438 g/mol. The van der Waals surface area contributed by atoms with Crippen molar-refractivity contribution in [3.63, 3.8) is 0 Å². The maximum absolute atomic E-state index is 12.6. The Kier molecular flexibility index (Phi) is 6.83. The van der Waals surface area contributed by atoms with Crippen molar-refractivity contribution in [3.8, 4) is 5.75 Å². The fourth-order valence-corrected chi connectivity index (χ4v) is 3.73. The zero-order valence-corrected chi connectivity index (χ0v) is 17.2. The lowest BCUT2D eigenvalue weighted by atomic mass is 10.2. The molecule has 6 nitrogen and oxygen atoms in total. The second-order valence-electron chi connectivity index (χ2n) is 5.82. The van der Waals surface area contributed by atoms with Crippen molar-refractivity contribution in [3.05, 3.63) is 52.5 Å². The molecule has 1 aliphatic heterocycles. The van der Waals surface area contributed by atoms with E-state index in [0.717, 1.165) is 5.75 Å². The summed E-state index contributed by atoms with van der Waals surface area (Å²) in [5.41, 5.74) is 1.16. The van der Waals surface area contributed by atoms with Gasteiger partial charge in [-0.2, -0.15) is 0 Å². The van der Waals surface area contributed by atoms with E-state index in [4.69, 9.17) is 27.9 Å². The van der Waals surface area contributed by atoms with Gasteiger partial charge in [-0.3, -0.25) is 9.59 Å². The summed E-state index contributed by atoms with van der Waals surface area (Å²) in [5.74, 6) is 0.179. The van der Waals surface area contributed by atoms with Crippen molar-refractivity contribution in [2.45, 2.75) is 18.6 Å². The number of hydrogen-bond acceptors (Lipinski definition) is 5. The zero-order chi connectivity index (χ0) is 20.1. The molecule has 2 aromatic rings. The molecule has 1 heterocycles.